The number of nitrogens with one attached hydrogen (secondary N) is 1. The molecule has 1 aromatic carbocycles. The molecule has 2 aromatic rings. The highest BCUT2D eigenvalue weighted by Gasteiger charge is 1.99. The monoisotopic (exact) mass is 276 g/mol. The summed E-state index contributed by atoms with van der Waals surface area (Å²) in [6.45, 7) is 1.86. The van der Waals surface area contributed by atoms with Gasteiger partial charge >= 0.3 is 0 Å². The number of rotatable bonds is 6. The van der Waals surface area contributed by atoms with E-state index in [-0.39, 0.29) is 0 Å². The minimum Gasteiger partial charge on any atom is -0.384 e. The molecule has 1 heterocycles. The summed E-state index contributed by atoms with van der Waals surface area (Å²) in [7, 11) is 2.10. The SMILES string of the molecule is CN(CCCNc1cnnc(Cl)c1)c1ccccc1. The Morgan fingerprint density at radius 2 is 2.05 bits per heavy atom. The van der Waals surface area contributed by atoms with E-state index in [0.29, 0.717) is 5.15 Å². The highest BCUT2D eigenvalue weighted by atomic mass is 35.5. The van der Waals surface area contributed by atoms with Gasteiger partial charge in [0.25, 0.3) is 0 Å². The van der Waals surface area contributed by atoms with Gasteiger partial charge in [0.2, 0.25) is 0 Å². The maximum absolute atomic E-state index is 5.77. The van der Waals surface area contributed by atoms with E-state index in [1.807, 2.05) is 6.07 Å². The molecule has 0 radical (unpaired) electrons. The smallest absolute Gasteiger partial charge is 0.153 e. The van der Waals surface area contributed by atoms with Gasteiger partial charge in [0.15, 0.2) is 5.15 Å². The van der Waals surface area contributed by atoms with E-state index in [1.165, 1.54) is 5.69 Å². The second kappa shape index (κ2) is 6.95. The molecular weight excluding hydrogens is 260 g/mol. The molecule has 0 spiro atoms. The Morgan fingerprint density at radius 3 is 2.79 bits per heavy atom. The Labute approximate surface area is 118 Å². The molecule has 1 N–H and O–H groups in total. The predicted octanol–water partition coefficient (Wildman–Crippen LogP) is 3.07. The molecule has 19 heavy (non-hydrogen) atoms. The average Bonchev–Trinajstić information content (AvgIpc) is 2.44. The van der Waals surface area contributed by atoms with Crippen molar-refractivity contribution >= 4 is 23.0 Å². The standard InChI is InChI=1S/C14H17ClN4/c1-19(13-6-3-2-4-7-13)9-5-8-16-12-10-14(15)18-17-11-12/h2-4,6-7,10-11H,5,8-9H2,1H3,(H,16,18). The van der Waals surface area contributed by atoms with Crippen molar-refractivity contribution < 1.29 is 0 Å². The van der Waals surface area contributed by atoms with Crippen molar-refractivity contribution in [3.05, 3.63) is 47.7 Å². The summed E-state index contributed by atoms with van der Waals surface area (Å²) in [5.41, 5.74) is 2.14. The first-order chi connectivity index (χ1) is 9.25. The summed E-state index contributed by atoms with van der Waals surface area (Å²) in [4.78, 5) is 2.24. The van der Waals surface area contributed by atoms with Crippen molar-refractivity contribution in [3.8, 4) is 0 Å². The van der Waals surface area contributed by atoms with E-state index in [1.54, 1.807) is 12.3 Å². The number of aromatic nitrogens is 2. The fourth-order valence-electron chi connectivity index (χ4n) is 1.80. The van der Waals surface area contributed by atoms with Gasteiger partial charge in [-0.05, 0) is 18.6 Å². The van der Waals surface area contributed by atoms with Crippen molar-refractivity contribution in [3.63, 3.8) is 0 Å². The number of benzene rings is 1. The van der Waals surface area contributed by atoms with Gasteiger partial charge in [0, 0.05) is 31.9 Å². The molecule has 2 rings (SSSR count). The molecule has 0 fully saturated rings. The van der Waals surface area contributed by atoms with Gasteiger partial charge in [-0.3, -0.25) is 0 Å². The normalized spacial score (nSPS) is 10.2. The first kappa shape index (κ1) is 13.6. The molecule has 0 saturated carbocycles. The van der Waals surface area contributed by atoms with Crippen LogP contribution in [0.4, 0.5) is 11.4 Å². The molecule has 0 aliphatic rings. The first-order valence-corrected chi connectivity index (χ1v) is 6.62. The lowest BCUT2D eigenvalue weighted by molar-refractivity contribution is 0.815. The molecule has 0 aliphatic carbocycles. The average molecular weight is 277 g/mol. The highest BCUT2D eigenvalue weighted by Crippen LogP contribution is 2.12. The van der Waals surface area contributed by atoms with E-state index in [9.17, 15) is 0 Å². The van der Waals surface area contributed by atoms with Crippen molar-refractivity contribution in [2.45, 2.75) is 6.42 Å². The van der Waals surface area contributed by atoms with Crippen LogP contribution < -0.4 is 10.2 Å². The molecule has 5 heteroatoms. The number of hydrogen-bond donors (Lipinski definition) is 1. The Kier molecular flexibility index (Phi) is 4.98. The second-order valence-corrected chi connectivity index (χ2v) is 4.69. The Bertz CT molecular complexity index is 504. The lowest BCUT2D eigenvalue weighted by Crippen LogP contribution is -2.20. The minimum absolute atomic E-state index is 0.409. The third-order valence-corrected chi connectivity index (χ3v) is 3.01. The van der Waals surface area contributed by atoms with Crippen LogP contribution in [0, 0.1) is 0 Å². The van der Waals surface area contributed by atoms with Crippen molar-refractivity contribution in [2.75, 3.05) is 30.4 Å². The maximum atomic E-state index is 5.77. The zero-order valence-electron chi connectivity index (χ0n) is 10.9. The van der Waals surface area contributed by atoms with Crippen LogP contribution in [0.3, 0.4) is 0 Å². The lowest BCUT2D eigenvalue weighted by Gasteiger charge is -2.19. The predicted molar refractivity (Wildman–Crippen MR) is 79.9 cm³/mol. The van der Waals surface area contributed by atoms with E-state index >= 15 is 0 Å². The topological polar surface area (TPSA) is 41.0 Å². The van der Waals surface area contributed by atoms with Gasteiger partial charge in [0.05, 0.1) is 11.9 Å². The Morgan fingerprint density at radius 1 is 1.26 bits per heavy atom. The summed E-state index contributed by atoms with van der Waals surface area (Å²) in [6, 6.07) is 12.1. The quantitative estimate of drug-likeness (QED) is 0.824. The van der Waals surface area contributed by atoms with E-state index in [2.05, 4.69) is 51.7 Å². The molecule has 0 atom stereocenters. The van der Waals surface area contributed by atoms with Crippen molar-refractivity contribution in [1.82, 2.24) is 10.2 Å². The van der Waals surface area contributed by atoms with Crippen LogP contribution in [0.1, 0.15) is 6.42 Å². The molecule has 0 aliphatic heterocycles. The molecule has 1 aromatic heterocycles. The van der Waals surface area contributed by atoms with Crippen LogP contribution in [-0.4, -0.2) is 30.3 Å². The summed E-state index contributed by atoms with van der Waals surface area (Å²) in [5, 5.41) is 11.2. The van der Waals surface area contributed by atoms with Crippen molar-refractivity contribution in [1.29, 1.82) is 0 Å². The van der Waals surface area contributed by atoms with Gasteiger partial charge in [-0.25, -0.2) is 0 Å². The summed E-state index contributed by atoms with van der Waals surface area (Å²) >= 11 is 5.77. The number of halogens is 1. The zero-order chi connectivity index (χ0) is 13.5. The number of anilines is 2. The number of para-hydroxylation sites is 1. The van der Waals surface area contributed by atoms with Gasteiger partial charge in [-0.2, -0.15) is 5.10 Å². The highest BCUT2D eigenvalue weighted by molar-refractivity contribution is 6.29. The van der Waals surface area contributed by atoms with Gasteiger partial charge in [-0.1, -0.05) is 29.8 Å². The van der Waals surface area contributed by atoms with Crippen LogP contribution in [-0.2, 0) is 0 Å². The Balaban J connectivity index is 1.72. The van der Waals surface area contributed by atoms with E-state index in [4.69, 9.17) is 11.6 Å². The fourth-order valence-corrected chi connectivity index (χ4v) is 1.96. The third kappa shape index (κ3) is 4.41. The molecule has 0 bridgehead atoms. The lowest BCUT2D eigenvalue weighted by atomic mass is 10.3. The van der Waals surface area contributed by atoms with E-state index < -0.39 is 0 Å². The van der Waals surface area contributed by atoms with Crippen LogP contribution >= 0.6 is 11.6 Å². The number of hydrogen-bond acceptors (Lipinski definition) is 4. The van der Waals surface area contributed by atoms with Gasteiger partial charge < -0.3 is 10.2 Å². The minimum atomic E-state index is 0.409. The zero-order valence-corrected chi connectivity index (χ0v) is 11.6. The first-order valence-electron chi connectivity index (χ1n) is 6.24. The summed E-state index contributed by atoms with van der Waals surface area (Å²) < 4.78 is 0. The molecular formula is C14H17ClN4. The van der Waals surface area contributed by atoms with Crippen LogP contribution in [0.25, 0.3) is 0 Å². The van der Waals surface area contributed by atoms with Crippen molar-refractivity contribution in [2.24, 2.45) is 0 Å². The largest absolute Gasteiger partial charge is 0.384 e. The summed E-state index contributed by atoms with van der Waals surface area (Å²) in [6.07, 6.45) is 2.71. The van der Waals surface area contributed by atoms with Gasteiger partial charge in [-0.15, -0.1) is 5.10 Å². The number of nitrogens with zero attached hydrogens (tertiary/aromatic N) is 3. The van der Waals surface area contributed by atoms with Crippen LogP contribution in [0.15, 0.2) is 42.6 Å². The molecule has 100 valence electrons. The molecule has 0 saturated heterocycles. The van der Waals surface area contributed by atoms with E-state index in [0.717, 1.165) is 25.2 Å². The molecule has 4 nitrogen and oxygen atoms in total. The summed E-state index contributed by atoms with van der Waals surface area (Å²) in [5.74, 6) is 0. The Hall–Kier alpha value is -1.81. The van der Waals surface area contributed by atoms with Crippen LogP contribution in [0.5, 0.6) is 0 Å². The van der Waals surface area contributed by atoms with Gasteiger partial charge in [0.1, 0.15) is 0 Å². The van der Waals surface area contributed by atoms with Crippen LogP contribution in [0.2, 0.25) is 5.15 Å². The second-order valence-electron chi connectivity index (χ2n) is 4.30. The maximum Gasteiger partial charge on any atom is 0.153 e. The molecule has 0 unspecified atom stereocenters. The fraction of sp³-hybridized carbons (Fsp3) is 0.286. The third-order valence-electron chi connectivity index (χ3n) is 2.82. The molecule has 0 amide bonds.